The maximum Gasteiger partial charge on any atom is 0.310 e. The smallest absolute Gasteiger partial charge is 0.310 e. The lowest BCUT2D eigenvalue weighted by molar-refractivity contribution is -0.142. The highest BCUT2D eigenvalue weighted by atomic mass is 32.2. The molecule has 0 saturated carbocycles. The first-order valence-electron chi connectivity index (χ1n) is 11.0. The number of sulfonamides is 1. The molecule has 0 aliphatic rings. The van der Waals surface area contributed by atoms with Crippen LogP contribution < -0.4 is 10.0 Å². The predicted molar refractivity (Wildman–Crippen MR) is 133 cm³/mol. The highest BCUT2D eigenvalue weighted by Crippen LogP contribution is 2.18. The van der Waals surface area contributed by atoms with Crippen LogP contribution in [0, 0.1) is 6.92 Å². The summed E-state index contributed by atoms with van der Waals surface area (Å²) in [5, 5.41) is 3.19. The van der Waals surface area contributed by atoms with E-state index in [0.29, 0.717) is 24.4 Å². The number of anilines is 2. The number of aryl methyl sites for hydroxylation is 1. The number of rotatable bonds is 11. The second kappa shape index (κ2) is 11.5. The molecule has 0 amide bonds. The van der Waals surface area contributed by atoms with E-state index < -0.39 is 10.0 Å². The SMILES string of the molecule is CCOC(=O)Cc1ccc(NCCC(=O)c2ccc(NS(=O)(=O)c3ccc(C)cc3)cc2)cc1. The summed E-state index contributed by atoms with van der Waals surface area (Å²) in [7, 11) is -3.69. The van der Waals surface area contributed by atoms with Crippen molar-refractivity contribution in [1.82, 2.24) is 0 Å². The number of nitrogens with one attached hydrogen (secondary N) is 2. The third-order valence-corrected chi connectivity index (χ3v) is 6.48. The quantitative estimate of drug-likeness (QED) is 0.308. The second-order valence-corrected chi connectivity index (χ2v) is 9.46. The summed E-state index contributed by atoms with van der Waals surface area (Å²) in [6.45, 7) is 4.46. The molecule has 8 heteroatoms. The fourth-order valence-electron chi connectivity index (χ4n) is 3.24. The standard InChI is InChI=1S/C26H28N2O5S/c1-3-33-26(30)18-20-6-10-22(11-7-20)27-17-16-25(29)21-8-12-23(13-9-21)28-34(31,32)24-14-4-19(2)5-15-24/h4-15,27-28H,3,16-18H2,1-2H3. The lowest BCUT2D eigenvalue weighted by Gasteiger charge is -2.10. The van der Waals surface area contributed by atoms with Gasteiger partial charge in [0.05, 0.1) is 17.9 Å². The first-order chi connectivity index (χ1) is 16.3. The van der Waals surface area contributed by atoms with E-state index in [-0.39, 0.29) is 29.5 Å². The monoisotopic (exact) mass is 480 g/mol. The summed E-state index contributed by atoms with van der Waals surface area (Å²) in [5.41, 5.74) is 3.57. The van der Waals surface area contributed by atoms with Gasteiger partial charge in [0.1, 0.15) is 0 Å². The minimum absolute atomic E-state index is 0.0561. The maximum absolute atomic E-state index is 12.5. The van der Waals surface area contributed by atoms with Crippen molar-refractivity contribution in [2.75, 3.05) is 23.2 Å². The molecule has 7 nitrogen and oxygen atoms in total. The normalized spacial score (nSPS) is 11.0. The van der Waals surface area contributed by atoms with Crippen LogP contribution in [0.3, 0.4) is 0 Å². The van der Waals surface area contributed by atoms with Crippen molar-refractivity contribution in [3.05, 3.63) is 89.5 Å². The zero-order chi connectivity index (χ0) is 24.6. The van der Waals surface area contributed by atoms with Crippen LogP contribution >= 0.6 is 0 Å². The van der Waals surface area contributed by atoms with Crippen LogP contribution in [-0.4, -0.2) is 33.3 Å². The van der Waals surface area contributed by atoms with Crippen molar-refractivity contribution in [3.63, 3.8) is 0 Å². The molecule has 0 aliphatic heterocycles. The summed E-state index contributed by atoms with van der Waals surface area (Å²) in [4.78, 5) is 24.2. The molecule has 0 unspecified atom stereocenters. The van der Waals surface area contributed by atoms with Gasteiger partial charge in [-0.25, -0.2) is 8.42 Å². The molecular weight excluding hydrogens is 452 g/mol. The van der Waals surface area contributed by atoms with Crippen LogP contribution in [0.2, 0.25) is 0 Å². The van der Waals surface area contributed by atoms with Gasteiger partial charge in [0.2, 0.25) is 0 Å². The Morgan fingerprint density at radius 2 is 1.47 bits per heavy atom. The molecule has 0 saturated heterocycles. The lowest BCUT2D eigenvalue weighted by Crippen LogP contribution is -2.13. The van der Waals surface area contributed by atoms with E-state index in [0.717, 1.165) is 16.8 Å². The number of Topliss-reactive ketones (excluding diaryl/α,β-unsaturated/α-hetero) is 1. The molecule has 0 atom stereocenters. The Kier molecular flexibility index (Phi) is 8.43. The number of carbonyl (C=O) groups is 2. The first kappa shape index (κ1) is 25.0. The molecular formula is C26H28N2O5S. The van der Waals surface area contributed by atoms with Crippen molar-refractivity contribution >= 4 is 33.2 Å². The Morgan fingerprint density at radius 1 is 0.853 bits per heavy atom. The van der Waals surface area contributed by atoms with Gasteiger partial charge >= 0.3 is 5.97 Å². The maximum atomic E-state index is 12.5. The third kappa shape index (κ3) is 7.18. The molecule has 178 valence electrons. The Bertz CT molecular complexity index is 1220. The van der Waals surface area contributed by atoms with Crippen LogP contribution in [0.25, 0.3) is 0 Å². The highest BCUT2D eigenvalue weighted by Gasteiger charge is 2.14. The zero-order valence-electron chi connectivity index (χ0n) is 19.2. The lowest BCUT2D eigenvalue weighted by atomic mass is 10.1. The molecule has 34 heavy (non-hydrogen) atoms. The van der Waals surface area contributed by atoms with Gasteiger partial charge in [-0.3, -0.25) is 14.3 Å². The number of benzene rings is 3. The topological polar surface area (TPSA) is 102 Å². The van der Waals surface area contributed by atoms with Crippen LogP contribution in [0.15, 0.2) is 77.7 Å². The molecule has 2 N–H and O–H groups in total. The Hall–Kier alpha value is -3.65. The first-order valence-corrected chi connectivity index (χ1v) is 12.5. The fraction of sp³-hybridized carbons (Fsp3) is 0.231. The average Bonchev–Trinajstić information content (AvgIpc) is 2.81. The van der Waals surface area contributed by atoms with Crippen molar-refractivity contribution in [2.24, 2.45) is 0 Å². The predicted octanol–water partition coefficient (Wildman–Crippen LogP) is 4.59. The number of ketones is 1. The number of carbonyl (C=O) groups excluding carboxylic acids is 2. The van der Waals surface area contributed by atoms with Gasteiger partial charge in [0.15, 0.2) is 5.78 Å². The Morgan fingerprint density at radius 3 is 2.09 bits per heavy atom. The van der Waals surface area contributed by atoms with Gasteiger partial charge in [0.25, 0.3) is 10.0 Å². The van der Waals surface area contributed by atoms with Gasteiger partial charge in [-0.2, -0.15) is 0 Å². The molecule has 0 fully saturated rings. The van der Waals surface area contributed by atoms with E-state index in [1.807, 2.05) is 31.2 Å². The summed E-state index contributed by atoms with van der Waals surface area (Å²) in [6, 6.07) is 20.4. The largest absolute Gasteiger partial charge is 0.466 e. The Labute approximate surface area is 200 Å². The number of hydrogen-bond donors (Lipinski definition) is 2. The molecule has 0 bridgehead atoms. The van der Waals surface area contributed by atoms with E-state index >= 15 is 0 Å². The van der Waals surface area contributed by atoms with Crippen LogP contribution in [0.5, 0.6) is 0 Å². The summed E-state index contributed by atoms with van der Waals surface area (Å²) in [5.74, 6) is -0.317. The van der Waals surface area contributed by atoms with E-state index in [4.69, 9.17) is 4.74 Å². The molecule has 0 heterocycles. The molecule has 3 aromatic rings. The molecule has 3 aromatic carbocycles. The van der Waals surface area contributed by atoms with E-state index in [1.165, 1.54) is 0 Å². The van der Waals surface area contributed by atoms with Crippen molar-refractivity contribution < 1.29 is 22.7 Å². The van der Waals surface area contributed by atoms with Gasteiger partial charge in [0, 0.05) is 29.9 Å². The highest BCUT2D eigenvalue weighted by molar-refractivity contribution is 7.92. The molecule has 3 rings (SSSR count). The minimum Gasteiger partial charge on any atom is -0.466 e. The molecule has 0 radical (unpaired) electrons. The summed E-state index contributed by atoms with van der Waals surface area (Å²) < 4.78 is 32.5. The van der Waals surface area contributed by atoms with Gasteiger partial charge < -0.3 is 10.1 Å². The van der Waals surface area contributed by atoms with Crippen molar-refractivity contribution in [1.29, 1.82) is 0 Å². The summed E-state index contributed by atoms with van der Waals surface area (Å²) in [6.07, 6.45) is 0.503. The van der Waals surface area contributed by atoms with Gasteiger partial charge in [-0.1, -0.05) is 29.8 Å². The summed E-state index contributed by atoms with van der Waals surface area (Å²) >= 11 is 0. The van der Waals surface area contributed by atoms with E-state index in [1.54, 1.807) is 55.5 Å². The van der Waals surface area contributed by atoms with Crippen molar-refractivity contribution in [2.45, 2.75) is 31.6 Å². The number of ether oxygens (including phenoxy) is 1. The minimum atomic E-state index is -3.69. The van der Waals surface area contributed by atoms with Gasteiger partial charge in [-0.05, 0) is 67.9 Å². The second-order valence-electron chi connectivity index (χ2n) is 7.77. The van der Waals surface area contributed by atoms with Crippen LogP contribution in [0.1, 0.15) is 34.8 Å². The van der Waals surface area contributed by atoms with E-state index in [9.17, 15) is 18.0 Å². The number of hydrogen-bond acceptors (Lipinski definition) is 6. The van der Waals surface area contributed by atoms with Crippen LogP contribution in [0.4, 0.5) is 11.4 Å². The zero-order valence-corrected chi connectivity index (χ0v) is 20.0. The fourth-order valence-corrected chi connectivity index (χ4v) is 4.30. The third-order valence-electron chi connectivity index (χ3n) is 5.08. The average molecular weight is 481 g/mol. The van der Waals surface area contributed by atoms with Crippen LogP contribution in [-0.2, 0) is 26.0 Å². The van der Waals surface area contributed by atoms with E-state index in [2.05, 4.69) is 10.0 Å². The molecule has 0 aliphatic carbocycles. The number of esters is 1. The molecule has 0 aromatic heterocycles. The molecule has 0 spiro atoms. The van der Waals surface area contributed by atoms with Gasteiger partial charge in [-0.15, -0.1) is 0 Å². The Balaban J connectivity index is 1.49. The van der Waals surface area contributed by atoms with Crippen molar-refractivity contribution in [3.8, 4) is 0 Å².